The summed E-state index contributed by atoms with van der Waals surface area (Å²) in [5.74, 6) is -0.671. The fourth-order valence-electron chi connectivity index (χ4n) is 1.78. The lowest BCUT2D eigenvalue weighted by molar-refractivity contribution is 0.0696. The zero-order chi connectivity index (χ0) is 14.1. The lowest BCUT2D eigenvalue weighted by atomic mass is 10.2. The smallest absolute Gasteiger partial charge is 0.337 e. The van der Waals surface area contributed by atoms with Gasteiger partial charge in [-0.15, -0.1) is 0 Å². The van der Waals surface area contributed by atoms with E-state index < -0.39 is 5.97 Å². The van der Waals surface area contributed by atoms with Crippen molar-refractivity contribution in [3.8, 4) is 10.8 Å². The quantitative estimate of drug-likeness (QED) is 0.777. The van der Waals surface area contributed by atoms with Gasteiger partial charge in [0, 0.05) is 11.5 Å². The average molecular weight is 306 g/mol. The Bertz CT molecular complexity index is 800. The van der Waals surface area contributed by atoms with Crippen molar-refractivity contribution in [1.82, 2.24) is 4.37 Å². The van der Waals surface area contributed by atoms with Gasteiger partial charge in [0.05, 0.1) is 21.5 Å². The van der Waals surface area contributed by atoms with E-state index in [4.69, 9.17) is 21.4 Å². The molecule has 2 aromatic carbocycles. The maximum absolute atomic E-state index is 11.0. The predicted octanol–water partition coefficient (Wildman–Crippen LogP) is 4.44. The lowest BCUT2D eigenvalue weighted by Gasteiger charge is -2.05. The number of carbonyl (C=O) groups is 1. The highest BCUT2D eigenvalue weighted by Crippen LogP contribution is 2.34. The molecule has 100 valence electrons. The minimum atomic E-state index is -1.09. The van der Waals surface area contributed by atoms with Gasteiger partial charge in [-0.1, -0.05) is 23.7 Å². The molecule has 0 aliphatic carbocycles. The Morgan fingerprint density at radius 1 is 1.25 bits per heavy atom. The monoisotopic (exact) mass is 305 g/mol. The SMILES string of the molecule is O=C(O)c1cc(Oc2snc3ccccc23)ccc1Cl. The number of benzene rings is 2. The number of carboxylic acid groups (broad SMARTS) is 1. The van der Waals surface area contributed by atoms with Crippen molar-refractivity contribution < 1.29 is 14.6 Å². The lowest BCUT2D eigenvalue weighted by Crippen LogP contribution is -1.97. The van der Waals surface area contributed by atoms with Crippen molar-refractivity contribution in [1.29, 1.82) is 0 Å². The summed E-state index contributed by atoms with van der Waals surface area (Å²) in [7, 11) is 0. The van der Waals surface area contributed by atoms with E-state index in [-0.39, 0.29) is 10.6 Å². The van der Waals surface area contributed by atoms with E-state index in [1.807, 2.05) is 24.3 Å². The zero-order valence-corrected chi connectivity index (χ0v) is 11.6. The van der Waals surface area contributed by atoms with E-state index in [1.165, 1.54) is 23.7 Å². The molecule has 3 rings (SSSR count). The third-order valence-electron chi connectivity index (χ3n) is 2.73. The van der Waals surface area contributed by atoms with Crippen LogP contribution in [0.25, 0.3) is 10.9 Å². The maximum Gasteiger partial charge on any atom is 0.337 e. The Morgan fingerprint density at radius 2 is 2.05 bits per heavy atom. The molecule has 0 aliphatic heterocycles. The normalized spacial score (nSPS) is 10.7. The topological polar surface area (TPSA) is 59.4 Å². The second-order valence-corrected chi connectivity index (χ2v) is 5.18. The molecule has 0 unspecified atom stereocenters. The molecule has 1 aromatic heterocycles. The molecule has 1 N–H and O–H groups in total. The number of aromatic nitrogens is 1. The Hall–Kier alpha value is -2.11. The number of hydrogen-bond donors (Lipinski definition) is 1. The van der Waals surface area contributed by atoms with Crippen molar-refractivity contribution in [2.45, 2.75) is 0 Å². The third kappa shape index (κ3) is 2.33. The molecule has 0 radical (unpaired) electrons. The van der Waals surface area contributed by atoms with Gasteiger partial charge in [-0.25, -0.2) is 4.79 Å². The van der Waals surface area contributed by atoms with Gasteiger partial charge in [-0.2, -0.15) is 4.37 Å². The largest absolute Gasteiger partial charge is 0.478 e. The standard InChI is InChI=1S/C14H8ClNO3S/c15-11-6-5-8(7-10(11)13(17)18)19-14-9-3-1-2-4-12(9)16-20-14/h1-7H,(H,17,18). The first-order valence-corrected chi connectivity index (χ1v) is 6.85. The van der Waals surface area contributed by atoms with E-state index in [2.05, 4.69) is 4.37 Å². The summed E-state index contributed by atoms with van der Waals surface area (Å²) in [6, 6.07) is 12.1. The summed E-state index contributed by atoms with van der Waals surface area (Å²) in [6.45, 7) is 0. The van der Waals surface area contributed by atoms with Crippen LogP contribution in [0.3, 0.4) is 0 Å². The van der Waals surface area contributed by atoms with Crippen LogP contribution in [0.4, 0.5) is 0 Å². The number of rotatable bonds is 3. The van der Waals surface area contributed by atoms with Crippen LogP contribution in [0.15, 0.2) is 42.5 Å². The van der Waals surface area contributed by atoms with Crippen LogP contribution in [0, 0.1) is 0 Å². The molecule has 1 heterocycles. The molecule has 0 atom stereocenters. The van der Waals surface area contributed by atoms with Crippen LogP contribution in [0.5, 0.6) is 10.8 Å². The molecule has 0 amide bonds. The van der Waals surface area contributed by atoms with E-state index in [0.717, 1.165) is 10.9 Å². The van der Waals surface area contributed by atoms with E-state index in [0.29, 0.717) is 10.8 Å². The van der Waals surface area contributed by atoms with Gasteiger partial charge >= 0.3 is 5.97 Å². The van der Waals surface area contributed by atoms with Gasteiger partial charge < -0.3 is 9.84 Å². The van der Waals surface area contributed by atoms with Crippen molar-refractivity contribution in [2.24, 2.45) is 0 Å². The number of fused-ring (bicyclic) bond motifs is 1. The summed E-state index contributed by atoms with van der Waals surface area (Å²) in [5, 5.41) is 10.7. The number of hydrogen-bond acceptors (Lipinski definition) is 4. The van der Waals surface area contributed by atoms with Crippen molar-refractivity contribution in [3.63, 3.8) is 0 Å². The molecule has 0 saturated carbocycles. The number of aromatic carboxylic acids is 1. The van der Waals surface area contributed by atoms with Crippen molar-refractivity contribution >= 4 is 40.0 Å². The van der Waals surface area contributed by atoms with Gasteiger partial charge in [0.15, 0.2) is 0 Å². The van der Waals surface area contributed by atoms with Gasteiger partial charge in [0.25, 0.3) is 0 Å². The van der Waals surface area contributed by atoms with Gasteiger partial charge in [0.1, 0.15) is 5.75 Å². The zero-order valence-electron chi connectivity index (χ0n) is 10.0. The first-order chi connectivity index (χ1) is 9.65. The minimum Gasteiger partial charge on any atom is -0.478 e. The highest BCUT2D eigenvalue weighted by molar-refractivity contribution is 7.09. The fraction of sp³-hybridized carbons (Fsp3) is 0. The molecule has 4 nitrogen and oxygen atoms in total. The number of carboxylic acids is 1. The molecule has 0 saturated heterocycles. The summed E-state index contributed by atoms with van der Waals surface area (Å²) in [6.07, 6.45) is 0. The highest BCUT2D eigenvalue weighted by atomic mass is 35.5. The van der Waals surface area contributed by atoms with Crippen LogP contribution in [-0.2, 0) is 0 Å². The molecule has 6 heteroatoms. The molecule has 3 aromatic rings. The second-order valence-electron chi connectivity index (χ2n) is 4.04. The molecule has 0 aliphatic rings. The third-order valence-corrected chi connectivity index (χ3v) is 3.82. The van der Waals surface area contributed by atoms with Crippen LogP contribution in [0.2, 0.25) is 5.02 Å². The molecule has 0 fully saturated rings. The summed E-state index contributed by atoms with van der Waals surface area (Å²) >= 11 is 7.05. The predicted molar refractivity (Wildman–Crippen MR) is 78.1 cm³/mol. The first-order valence-electron chi connectivity index (χ1n) is 5.70. The molecule has 0 bridgehead atoms. The number of ether oxygens (including phenoxy) is 1. The van der Waals surface area contributed by atoms with Gasteiger partial charge in [0.2, 0.25) is 5.06 Å². The van der Waals surface area contributed by atoms with Crippen molar-refractivity contribution in [2.75, 3.05) is 0 Å². The Morgan fingerprint density at radius 3 is 2.85 bits per heavy atom. The van der Waals surface area contributed by atoms with Crippen LogP contribution in [0.1, 0.15) is 10.4 Å². The fourth-order valence-corrected chi connectivity index (χ4v) is 2.72. The Balaban J connectivity index is 1.99. The van der Waals surface area contributed by atoms with Crippen LogP contribution >= 0.6 is 23.1 Å². The highest BCUT2D eigenvalue weighted by Gasteiger charge is 2.12. The summed E-state index contributed by atoms with van der Waals surface area (Å²) < 4.78 is 9.98. The summed E-state index contributed by atoms with van der Waals surface area (Å²) in [4.78, 5) is 11.0. The molecule has 0 spiro atoms. The van der Waals surface area contributed by atoms with E-state index in [9.17, 15) is 4.79 Å². The number of nitrogens with zero attached hydrogens (tertiary/aromatic N) is 1. The van der Waals surface area contributed by atoms with E-state index >= 15 is 0 Å². The first kappa shape index (κ1) is 12.9. The minimum absolute atomic E-state index is 0.0120. The van der Waals surface area contributed by atoms with Gasteiger partial charge in [-0.05, 0) is 30.3 Å². The van der Waals surface area contributed by atoms with E-state index in [1.54, 1.807) is 6.07 Å². The Kier molecular flexibility index (Phi) is 3.30. The molecular weight excluding hydrogens is 298 g/mol. The Labute approximate surface area is 123 Å². The van der Waals surface area contributed by atoms with Crippen molar-refractivity contribution in [3.05, 3.63) is 53.1 Å². The summed E-state index contributed by atoms with van der Waals surface area (Å²) in [5.41, 5.74) is 0.859. The van der Waals surface area contributed by atoms with Gasteiger partial charge in [-0.3, -0.25) is 0 Å². The number of halogens is 1. The van der Waals surface area contributed by atoms with Crippen LogP contribution in [-0.4, -0.2) is 15.4 Å². The van der Waals surface area contributed by atoms with Crippen LogP contribution < -0.4 is 4.74 Å². The molecule has 20 heavy (non-hydrogen) atoms. The maximum atomic E-state index is 11.0. The second kappa shape index (κ2) is 5.11. The molecular formula is C14H8ClNO3S. The average Bonchev–Trinajstić information content (AvgIpc) is 2.84.